The van der Waals surface area contributed by atoms with Crippen LogP contribution in [0.2, 0.25) is 0 Å². The van der Waals surface area contributed by atoms with Gasteiger partial charge in [0.25, 0.3) is 5.69 Å². The second-order valence-corrected chi connectivity index (χ2v) is 9.31. The van der Waals surface area contributed by atoms with Gasteiger partial charge in [-0.1, -0.05) is 18.6 Å². The maximum atomic E-state index is 11.9. The average Bonchev–Trinajstić information content (AvgIpc) is 2.61. The van der Waals surface area contributed by atoms with Crippen molar-refractivity contribution in [3.63, 3.8) is 0 Å². The van der Waals surface area contributed by atoms with Gasteiger partial charge in [0.2, 0.25) is 0 Å². The Morgan fingerprint density at radius 1 is 1.22 bits per heavy atom. The zero-order chi connectivity index (χ0) is 19.6. The molecule has 8 nitrogen and oxygen atoms in total. The van der Waals surface area contributed by atoms with Crippen LogP contribution in [0.15, 0.2) is 30.3 Å². The van der Waals surface area contributed by atoms with E-state index in [1.807, 2.05) is 6.92 Å². The van der Waals surface area contributed by atoms with Crippen LogP contribution in [0.25, 0.3) is 11.4 Å². The zero-order valence-corrected chi connectivity index (χ0v) is 16.1. The molecule has 1 fully saturated rings. The third-order valence-electron chi connectivity index (χ3n) is 4.75. The number of non-ortho nitro benzene ring substituents is 1. The maximum absolute atomic E-state index is 11.9. The number of nitrogens with zero attached hydrogens (tertiary/aromatic N) is 3. The Balaban J connectivity index is 1.84. The van der Waals surface area contributed by atoms with E-state index in [0.717, 1.165) is 18.5 Å². The van der Waals surface area contributed by atoms with Crippen LogP contribution in [-0.2, 0) is 9.84 Å². The van der Waals surface area contributed by atoms with E-state index in [9.17, 15) is 18.5 Å². The van der Waals surface area contributed by atoms with Gasteiger partial charge in [-0.2, -0.15) is 0 Å². The van der Waals surface area contributed by atoms with E-state index in [2.05, 4.69) is 15.3 Å². The largest absolute Gasteiger partial charge is 0.367 e. The molecule has 1 saturated carbocycles. The highest BCUT2D eigenvalue weighted by Crippen LogP contribution is 2.27. The number of aryl methyl sites for hydroxylation is 1. The Morgan fingerprint density at radius 2 is 2.00 bits per heavy atom. The Bertz CT molecular complexity index is 962. The molecule has 0 saturated heterocycles. The molecule has 2 unspecified atom stereocenters. The number of benzene rings is 1. The fourth-order valence-electron chi connectivity index (χ4n) is 3.40. The van der Waals surface area contributed by atoms with Gasteiger partial charge < -0.3 is 5.32 Å². The van der Waals surface area contributed by atoms with Crippen molar-refractivity contribution in [3.8, 4) is 11.4 Å². The lowest BCUT2D eigenvalue weighted by atomic mass is 9.95. The predicted octanol–water partition coefficient (Wildman–Crippen LogP) is 3.13. The van der Waals surface area contributed by atoms with E-state index in [-0.39, 0.29) is 17.0 Å². The first-order valence-corrected chi connectivity index (χ1v) is 10.7. The fraction of sp³-hybridized carbons (Fsp3) is 0.444. The number of nitro benzene ring substituents is 1. The third kappa shape index (κ3) is 4.79. The van der Waals surface area contributed by atoms with Gasteiger partial charge in [-0.3, -0.25) is 10.1 Å². The van der Waals surface area contributed by atoms with Crippen LogP contribution in [0, 0.1) is 17.0 Å². The van der Waals surface area contributed by atoms with Crippen molar-refractivity contribution in [1.29, 1.82) is 0 Å². The minimum Gasteiger partial charge on any atom is -0.367 e. The number of sulfone groups is 1. The Morgan fingerprint density at radius 3 is 2.70 bits per heavy atom. The zero-order valence-electron chi connectivity index (χ0n) is 15.3. The lowest BCUT2D eigenvalue weighted by molar-refractivity contribution is -0.384. The van der Waals surface area contributed by atoms with Gasteiger partial charge in [-0.15, -0.1) is 0 Å². The van der Waals surface area contributed by atoms with Crippen molar-refractivity contribution in [2.75, 3.05) is 11.6 Å². The molecular formula is C18H22N4O4S. The monoisotopic (exact) mass is 390 g/mol. The summed E-state index contributed by atoms with van der Waals surface area (Å²) in [5.74, 6) is 1.000. The van der Waals surface area contributed by atoms with Crippen molar-refractivity contribution in [2.45, 2.75) is 43.9 Å². The molecule has 27 heavy (non-hydrogen) atoms. The van der Waals surface area contributed by atoms with Gasteiger partial charge in [0.05, 0.1) is 10.2 Å². The van der Waals surface area contributed by atoms with E-state index in [1.54, 1.807) is 18.2 Å². The van der Waals surface area contributed by atoms with Crippen LogP contribution in [-0.4, -0.2) is 40.9 Å². The summed E-state index contributed by atoms with van der Waals surface area (Å²) in [6, 6.07) is 8.01. The third-order valence-corrected chi connectivity index (χ3v) is 6.39. The van der Waals surface area contributed by atoms with Gasteiger partial charge in [-0.25, -0.2) is 18.4 Å². The normalized spacial score (nSPS) is 20.2. The molecule has 0 radical (unpaired) electrons. The molecule has 1 heterocycles. The highest BCUT2D eigenvalue weighted by atomic mass is 32.2. The lowest BCUT2D eigenvalue weighted by Crippen LogP contribution is -2.34. The first-order valence-electron chi connectivity index (χ1n) is 8.78. The molecule has 2 aromatic rings. The summed E-state index contributed by atoms with van der Waals surface area (Å²) in [4.78, 5) is 19.4. The maximum Gasteiger partial charge on any atom is 0.270 e. The molecule has 1 aromatic carbocycles. The molecule has 0 amide bonds. The summed E-state index contributed by atoms with van der Waals surface area (Å²) in [6.45, 7) is 1.83. The number of anilines is 1. The molecule has 2 atom stereocenters. The van der Waals surface area contributed by atoms with E-state index >= 15 is 0 Å². The molecule has 0 aliphatic heterocycles. The van der Waals surface area contributed by atoms with Crippen LogP contribution < -0.4 is 5.32 Å². The molecule has 1 aromatic heterocycles. The second kappa shape index (κ2) is 7.59. The van der Waals surface area contributed by atoms with Gasteiger partial charge >= 0.3 is 0 Å². The fourth-order valence-corrected chi connectivity index (χ4v) is 4.58. The van der Waals surface area contributed by atoms with Crippen LogP contribution in [0.4, 0.5) is 11.5 Å². The smallest absolute Gasteiger partial charge is 0.270 e. The molecule has 144 valence electrons. The highest BCUT2D eigenvalue weighted by Gasteiger charge is 2.29. The van der Waals surface area contributed by atoms with Gasteiger partial charge in [0, 0.05) is 41.8 Å². The van der Waals surface area contributed by atoms with Crippen molar-refractivity contribution in [3.05, 3.63) is 46.1 Å². The molecule has 1 aliphatic carbocycles. The van der Waals surface area contributed by atoms with Crippen LogP contribution in [0.5, 0.6) is 0 Å². The summed E-state index contributed by atoms with van der Waals surface area (Å²) in [7, 11) is -3.06. The summed E-state index contributed by atoms with van der Waals surface area (Å²) in [6.07, 6.45) is 4.25. The number of nitrogens with one attached hydrogen (secondary N) is 1. The van der Waals surface area contributed by atoms with Crippen molar-refractivity contribution in [1.82, 2.24) is 9.97 Å². The predicted molar refractivity (Wildman–Crippen MR) is 103 cm³/mol. The SMILES string of the molecule is Cc1cc(NC2CCCC(S(C)(=O)=O)C2)nc(-c2cccc([N+](=O)[O-])c2)n1. The van der Waals surface area contributed by atoms with Gasteiger partial charge in [0.1, 0.15) is 15.7 Å². The average molecular weight is 390 g/mol. The summed E-state index contributed by atoms with van der Waals surface area (Å²) >= 11 is 0. The van der Waals surface area contributed by atoms with E-state index < -0.39 is 14.8 Å². The van der Waals surface area contributed by atoms with Gasteiger partial charge in [0.15, 0.2) is 5.82 Å². The second-order valence-electron chi connectivity index (χ2n) is 6.99. The Kier molecular flexibility index (Phi) is 5.41. The first kappa shape index (κ1) is 19.2. The van der Waals surface area contributed by atoms with E-state index in [4.69, 9.17) is 0 Å². The Labute approximate surface area is 158 Å². The first-order chi connectivity index (χ1) is 12.7. The summed E-state index contributed by atoms with van der Waals surface area (Å²) < 4.78 is 23.7. The Hall–Kier alpha value is -2.55. The number of hydrogen-bond acceptors (Lipinski definition) is 7. The molecule has 0 spiro atoms. The molecule has 0 bridgehead atoms. The van der Waals surface area contributed by atoms with Crippen LogP contribution >= 0.6 is 0 Å². The standard InChI is InChI=1S/C18H22N4O4S/c1-12-9-17(20-14-6-4-8-16(11-14)27(2,25)26)21-18(19-12)13-5-3-7-15(10-13)22(23)24/h3,5,7,9-10,14,16H,4,6,8,11H2,1-2H3,(H,19,20,21). The minimum absolute atomic E-state index is 0.0182. The quantitative estimate of drug-likeness (QED) is 0.616. The van der Waals surface area contributed by atoms with Crippen LogP contribution in [0.3, 0.4) is 0 Å². The molecule has 1 aliphatic rings. The summed E-state index contributed by atoms with van der Waals surface area (Å²) in [5.41, 5.74) is 1.27. The lowest BCUT2D eigenvalue weighted by Gasteiger charge is -2.29. The molecular weight excluding hydrogens is 368 g/mol. The number of nitro groups is 1. The van der Waals surface area contributed by atoms with Gasteiger partial charge in [-0.05, 0) is 26.2 Å². The number of aromatic nitrogens is 2. The van der Waals surface area contributed by atoms with Crippen LogP contribution in [0.1, 0.15) is 31.4 Å². The summed E-state index contributed by atoms with van der Waals surface area (Å²) in [5, 5.41) is 14.0. The highest BCUT2D eigenvalue weighted by molar-refractivity contribution is 7.91. The topological polar surface area (TPSA) is 115 Å². The molecule has 3 rings (SSSR count). The molecule has 1 N–H and O–H groups in total. The van der Waals surface area contributed by atoms with Crippen molar-refractivity contribution in [2.24, 2.45) is 0 Å². The van der Waals surface area contributed by atoms with Crippen molar-refractivity contribution < 1.29 is 13.3 Å². The van der Waals surface area contributed by atoms with E-state index in [0.29, 0.717) is 30.0 Å². The number of hydrogen-bond donors (Lipinski definition) is 1. The molecule has 9 heteroatoms. The van der Waals surface area contributed by atoms with E-state index in [1.165, 1.54) is 18.4 Å². The minimum atomic E-state index is -3.06. The van der Waals surface area contributed by atoms with Crippen molar-refractivity contribution >= 4 is 21.3 Å². The number of rotatable bonds is 5.